The monoisotopic (exact) mass is 512 g/mol. The third-order valence-corrected chi connectivity index (χ3v) is 12.1. The maximum absolute atomic E-state index is 14.3. The normalized spacial score (nSPS) is 45.1. The number of carboxylic acid groups (broad SMARTS) is 1. The van der Waals surface area contributed by atoms with Gasteiger partial charge in [-0.05, 0) is 112 Å². The Morgan fingerprint density at radius 2 is 1.73 bits per heavy atom. The second-order valence-corrected chi connectivity index (χ2v) is 14.2. The third-order valence-electron chi connectivity index (χ3n) is 12.1. The van der Waals surface area contributed by atoms with Gasteiger partial charge in [0.15, 0.2) is 5.78 Å². The molecule has 37 heavy (non-hydrogen) atoms. The molecule has 0 aromatic heterocycles. The molecule has 0 radical (unpaired) electrons. The van der Waals surface area contributed by atoms with Crippen LogP contribution in [-0.2, 0) is 19.1 Å². The summed E-state index contributed by atoms with van der Waals surface area (Å²) in [5, 5.41) is 9.58. The van der Waals surface area contributed by atoms with Crippen molar-refractivity contribution in [2.45, 2.75) is 106 Å². The second kappa shape index (κ2) is 9.09. The van der Waals surface area contributed by atoms with Gasteiger partial charge >= 0.3 is 11.9 Å². The number of aliphatic carboxylic acids is 1. The van der Waals surface area contributed by atoms with E-state index in [0.29, 0.717) is 13.0 Å². The molecule has 0 saturated heterocycles. The van der Waals surface area contributed by atoms with Gasteiger partial charge in [0.05, 0.1) is 12.0 Å². The molecular formula is C32H48O5. The summed E-state index contributed by atoms with van der Waals surface area (Å²) in [7, 11) is 0. The van der Waals surface area contributed by atoms with Crippen LogP contribution in [0.4, 0.5) is 0 Å². The number of carbonyl (C=O) groups is 3. The van der Waals surface area contributed by atoms with Gasteiger partial charge in [0.2, 0.25) is 0 Å². The Morgan fingerprint density at radius 3 is 2.32 bits per heavy atom. The minimum atomic E-state index is -0.812. The fourth-order valence-corrected chi connectivity index (χ4v) is 9.57. The molecule has 206 valence electrons. The second-order valence-electron chi connectivity index (χ2n) is 14.2. The van der Waals surface area contributed by atoms with E-state index < -0.39 is 16.8 Å². The molecule has 1 N–H and O–H groups in total. The first-order valence-electron chi connectivity index (χ1n) is 14.4. The Morgan fingerprint density at radius 1 is 1.08 bits per heavy atom. The van der Waals surface area contributed by atoms with Crippen LogP contribution >= 0.6 is 0 Å². The fourth-order valence-electron chi connectivity index (χ4n) is 9.57. The quantitative estimate of drug-likeness (QED) is 0.302. The lowest BCUT2D eigenvalue weighted by molar-refractivity contribution is -0.169. The van der Waals surface area contributed by atoms with E-state index >= 15 is 0 Å². The summed E-state index contributed by atoms with van der Waals surface area (Å²) in [6.07, 6.45) is 8.97. The maximum Gasteiger partial charge on any atom is 0.311 e. The lowest BCUT2D eigenvalue weighted by Crippen LogP contribution is -2.63. The van der Waals surface area contributed by atoms with Gasteiger partial charge in [-0.2, -0.15) is 0 Å². The van der Waals surface area contributed by atoms with Crippen molar-refractivity contribution in [3.63, 3.8) is 0 Å². The maximum atomic E-state index is 14.3. The first-order valence-corrected chi connectivity index (χ1v) is 14.4. The van der Waals surface area contributed by atoms with Gasteiger partial charge in [-0.3, -0.25) is 14.4 Å². The van der Waals surface area contributed by atoms with Gasteiger partial charge in [-0.1, -0.05) is 45.4 Å². The van der Waals surface area contributed by atoms with Crippen LogP contribution in [0.1, 0.15) is 106 Å². The topological polar surface area (TPSA) is 80.7 Å². The molecule has 3 saturated carbocycles. The van der Waals surface area contributed by atoms with Crippen LogP contribution in [0.25, 0.3) is 0 Å². The summed E-state index contributed by atoms with van der Waals surface area (Å²) >= 11 is 0. The lowest BCUT2D eigenvalue weighted by Gasteiger charge is -2.68. The number of ether oxygens (including phenoxy) is 1. The molecule has 0 heterocycles. The van der Waals surface area contributed by atoms with Crippen molar-refractivity contribution in [1.29, 1.82) is 0 Å². The highest BCUT2D eigenvalue weighted by atomic mass is 16.5. The minimum absolute atomic E-state index is 0.0615. The molecule has 0 amide bonds. The van der Waals surface area contributed by atoms with Gasteiger partial charge in [0.1, 0.15) is 0 Å². The molecule has 0 unspecified atom stereocenters. The molecule has 0 aromatic rings. The summed E-state index contributed by atoms with van der Waals surface area (Å²) in [6, 6.07) is 0. The van der Waals surface area contributed by atoms with Gasteiger partial charge in [-0.15, -0.1) is 0 Å². The van der Waals surface area contributed by atoms with E-state index in [4.69, 9.17) is 4.74 Å². The average Bonchev–Trinajstić information content (AvgIpc) is 2.80. The number of hydrogen-bond acceptors (Lipinski definition) is 4. The van der Waals surface area contributed by atoms with Crippen LogP contribution in [0.15, 0.2) is 23.8 Å². The van der Waals surface area contributed by atoms with E-state index in [2.05, 4.69) is 34.3 Å². The predicted octanol–water partition coefficient (Wildman–Crippen LogP) is 7.15. The molecule has 0 aromatic carbocycles. The number of rotatable bonds is 6. The van der Waals surface area contributed by atoms with Crippen molar-refractivity contribution in [3.8, 4) is 0 Å². The first-order chi connectivity index (χ1) is 17.1. The lowest BCUT2D eigenvalue weighted by atomic mass is 9.35. The van der Waals surface area contributed by atoms with Crippen molar-refractivity contribution in [3.05, 3.63) is 23.8 Å². The van der Waals surface area contributed by atoms with Crippen LogP contribution in [0, 0.1) is 44.8 Å². The number of fused-ring (bicyclic) bond motifs is 5. The molecule has 4 rings (SSSR count). The van der Waals surface area contributed by atoms with Gasteiger partial charge in [0.25, 0.3) is 0 Å². The Bertz CT molecular complexity index is 1040. The van der Waals surface area contributed by atoms with Crippen molar-refractivity contribution < 1.29 is 24.2 Å². The number of carbonyl (C=O) groups excluding carboxylic acids is 2. The molecule has 5 nitrogen and oxygen atoms in total. The zero-order valence-corrected chi connectivity index (χ0v) is 24.2. The van der Waals surface area contributed by atoms with Gasteiger partial charge in [0, 0.05) is 12.3 Å². The SMILES string of the molecule is C=C(C)[C@@H]1CC[C@]2(C)[C@H](C(=O)C=C3[C@@H]4C[C@@](C)(C(=O)OCC)CC[C@]4(C)CC[C@]32C)[C@@]1(C)CCC(=O)O. The standard InChI is InChI=1S/C32H48O5/c1-9-37-27(36)29(5)15-14-28(4)16-17-31(7)22(23(28)19-29)18-24(33)26-30(6,12-11-25(34)35)21(20(2)3)10-13-32(26,31)8/h18,21,23,26H,2,9-17,19H2,1,3-8H3,(H,34,35)/t21-,23-,26+,28+,29-,30-,31+,32+/m0/s1. The van der Waals surface area contributed by atoms with E-state index in [1.165, 1.54) is 5.57 Å². The molecule has 3 fully saturated rings. The van der Waals surface area contributed by atoms with E-state index in [9.17, 15) is 19.5 Å². The van der Waals surface area contributed by atoms with E-state index in [1.807, 2.05) is 26.8 Å². The van der Waals surface area contributed by atoms with Crippen LogP contribution in [0.3, 0.4) is 0 Å². The molecule has 5 heteroatoms. The molecule has 0 spiro atoms. The van der Waals surface area contributed by atoms with Gasteiger partial charge in [-0.25, -0.2) is 0 Å². The summed E-state index contributed by atoms with van der Waals surface area (Å²) < 4.78 is 5.51. The first kappa shape index (κ1) is 28.1. The minimum Gasteiger partial charge on any atom is -0.481 e. The number of allylic oxidation sites excluding steroid dienone is 3. The number of ketones is 1. The zero-order chi connectivity index (χ0) is 27.6. The molecular weight excluding hydrogens is 464 g/mol. The Kier molecular flexibility index (Phi) is 6.90. The number of esters is 1. The van der Waals surface area contributed by atoms with Crippen LogP contribution in [0.2, 0.25) is 0 Å². The highest BCUT2D eigenvalue weighted by Crippen LogP contribution is 2.73. The Labute approximate surface area is 223 Å². The molecule has 0 aliphatic heterocycles. The van der Waals surface area contributed by atoms with Crippen LogP contribution < -0.4 is 0 Å². The molecule has 4 aliphatic carbocycles. The van der Waals surface area contributed by atoms with Crippen molar-refractivity contribution in [1.82, 2.24) is 0 Å². The third kappa shape index (κ3) is 4.05. The van der Waals surface area contributed by atoms with Gasteiger partial charge < -0.3 is 9.84 Å². The van der Waals surface area contributed by atoms with Crippen LogP contribution in [-0.4, -0.2) is 29.4 Å². The summed E-state index contributed by atoms with van der Waals surface area (Å²) in [6.45, 7) is 19.8. The summed E-state index contributed by atoms with van der Waals surface area (Å²) in [5.41, 5.74) is 0.938. The predicted molar refractivity (Wildman–Crippen MR) is 145 cm³/mol. The average molecular weight is 513 g/mol. The number of carboxylic acids is 1. The Balaban J connectivity index is 1.82. The fraction of sp³-hybridized carbons (Fsp3) is 0.781. The molecule has 8 atom stereocenters. The molecule has 0 bridgehead atoms. The van der Waals surface area contributed by atoms with E-state index in [-0.39, 0.29) is 52.2 Å². The Hall–Kier alpha value is -1.91. The van der Waals surface area contributed by atoms with Crippen molar-refractivity contribution in [2.24, 2.45) is 44.8 Å². The largest absolute Gasteiger partial charge is 0.481 e. The van der Waals surface area contributed by atoms with E-state index in [0.717, 1.165) is 50.5 Å². The zero-order valence-electron chi connectivity index (χ0n) is 24.2. The van der Waals surface area contributed by atoms with E-state index in [1.54, 1.807) is 0 Å². The summed E-state index contributed by atoms with van der Waals surface area (Å²) in [4.78, 5) is 39.0. The highest BCUT2D eigenvalue weighted by molar-refractivity contribution is 5.96. The van der Waals surface area contributed by atoms with Crippen LogP contribution in [0.5, 0.6) is 0 Å². The molecule has 4 aliphatic rings. The summed E-state index contributed by atoms with van der Waals surface area (Å²) in [5.74, 6) is -0.717. The number of hydrogen-bond donors (Lipinski definition) is 1. The smallest absolute Gasteiger partial charge is 0.311 e. The van der Waals surface area contributed by atoms with Crippen molar-refractivity contribution in [2.75, 3.05) is 6.61 Å². The van der Waals surface area contributed by atoms with Crippen molar-refractivity contribution >= 4 is 17.7 Å². The highest BCUT2D eigenvalue weighted by Gasteiger charge is 2.68.